The van der Waals surface area contributed by atoms with E-state index < -0.39 is 11.9 Å². The Bertz CT molecular complexity index is 536. The third-order valence-electron chi connectivity index (χ3n) is 2.48. The molecular formula is C14H12F2O2. The van der Waals surface area contributed by atoms with Crippen molar-refractivity contribution >= 4 is 0 Å². The number of ether oxygens (including phenoxy) is 1. The van der Waals surface area contributed by atoms with Crippen LogP contribution in [0.4, 0.5) is 8.78 Å². The maximum atomic E-state index is 13.7. The molecular weight excluding hydrogens is 238 g/mol. The van der Waals surface area contributed by atoms with Crippen LogP contribution >= 0.6 is 0 Å². The maximum absolute atomic E-state index is 13.7. The summed E-state index contributed by atoms with van der Waals surface area (Å²) < 4.78 is 31.6. The van der Waals surface area contributed by atoms with Gasteiger partial charge in [-0.05, 0) is 48.9 Å². The second-order valence-corrected chi connectivity index (χ2v) is 3.92. The second-order valence-electron chi connectivity index (χ2n) is 3.92. The molecule has 1 atom stereocenters. The molecule has 0 aliphatic heterocycles. The Kier molecular flexibility index (Phi) is 3.58. The lowest BCUT2D eigenvalue weighted by Crippen LogP contribution is -1.94. The molecule has 2 aromatic carbocycles. The van der Waals surface area contributed by atoms with E-state index in [0.29, 0.717) is 11.3 Å². The van der Waals surface area contributed by atoms with Crippen molar-refractivity contribution < 1.29 is 18.6 Å². The summed E-state index contributed by atoms with van der Waals surface area (Å²) >= 11 is 0. The van der Waals surface area contributed by atoms with Crippen LogP contribution in [0.3, 0.4) is 0 Å². The van der Waals surface area contributed by atoms with Crippen molar-refractivity contribution in [1.29, 1.82) is 0 Å². The predicted octanol–water partition coefficient (Wildman–Crippen LogP) is 3.81. The van der Waals surface area contributed by atoms with E-state index >= 15 is 0 Å². The fourth-order valence-corrected chi connectivity index (χ4v) is 1.49. The molecule has 18 heavy (non-hydrogen) atoms. The van der Waals surface area contributed by atoms with Gasteiger partial charge in [0.15, 0.2) is 11.6 Å². The third-order valence-corrected chi connectivity index (χ3v) is 2.48. The van der Waals surface area contributed by atoms with Crippen molar-refractivity contribution in [2.45, 2.75) is 13.0 Å². The number of hydrogen-bond donors (Lipinski definition) is 1. The zero-order valence-corrected chi connectivity index (χ0v) is 9.73. The summed E-state index contributed by atoms with van der Waals surface area (Å²) in [5.74, 6) is -0.573. The molecule has 4 heteroatoms. The van der Waals surface area contributed by atoms with E-state index in [1.807, 2.05) is 0 Å². The standard InChI is InChI=1S/C14H12F2O2/c1-9(17)10-2-7-14(13(16)8-10)18-12-5-3-11(15)4-6-12/h2-9,17H,1H3/t9-/m1/s1. The summed E-state index contributed by atoms with van der Waals surface area (Å²) in [5.41, 5.74) is 0.471. The Morgan fingerprint density at radius 3 is 2.28 bits per heavy atom. The highest BCUT2D eigenvalue weighted by molar-refractivity contribution is 5.35. The molecule has 0 fully saturated rings. The first-order valence-electron chi connectivity index (χ1n) is 5.47. The summed E-state index contributed by atoms with van der Waals surface area (Å²) in [7, 11) is 0. The molecule has 2 rings (SSSR count). The van der Waals surface area contributed by atoms with Gasteiger partial charge in [-0.1, -0.05) is 6.07 Å². The lowest BCUT2D eigenvalue weighted by atomic mass is 10.1. The van der Waals surface area contributed by atoms with E-state index in [0.717, 1.165) is 0 Å². The summed E-state index contributed by atoms with van der Waals surface area (Å²) in [5, 5.41) is 9.31. The Morgan fingerprint density at radius 1 is 1.06 bits per heavy atom. The van der Waals surface area contributed by atoms with Crippen LogP contribution in [0.1, 0.15) is 18.6 Å². The molecule has 0 amide bonds. The number of aliphatic hydroxyl groups excluding tert-OH is 1. The van der Waals surface area contributed by atoms with E-state index in [2.05, 4.69) is 0 Å². The lowest BCUT2D eigenvalue weighted by Gasteiger charge is -2.09. The molecule has 0 heterocycles. The molecule has 94 valence electrons. The van der Waals surface area contributed by atoms with Crippen molar-refractivity contribution in [2.75, 3.05) is 0 Å². The minimum Gasteiger partial charge on any atom is -0.454 e. The Balaban J connectivity index is 2.22. The fraction of sp³-hybridized carbons (Fsp3) is 0.143. The van der Waals surface area contributed by atoms with Crippen molar-refractivity contribution in [3.05, 3.63) is 59.7 Å². The van der Waals surface area contributed by atoms with E-state index in [9.17, 15) is 13.9 Å². The molecule has 0 saturated heterocycles. The number of benzene rings is 2. The zero-order chi connectivity index (χ0) is 13.1. The van der Waals surface area contributed by atoms with Crippen molar-refractivity contribution in [2.24, 2.45) is 0 Å². The highest BCUT2D eigenvalue weighted by atomic mass is 19.1. The molecule has 2 aromatic rings. The van der Waals surface area contributed by atoms with E-state index in [1.165, 1.54) is 36.4 Å². The first-order valence-corrected chi connectivity index (χ1v) is 5.47. The molecule has 0 aliphatic rings. The molecule has 0 saturated carbocycles. The number of aliphatic hydroxyl groups is 1. The maximum Gasteiger partial charge on any atom is 0.166 e. The van der Waals surface area contributed by atoms with Crippen molar-refractivity contribution in [3.8, 4) is 11.5 Å². The average molecular weight is 250 g/mol. The van der Waals surface area contributed by atoms with Crippen molar-refractivity contribution in [1.82, 2.24) is 0 Å². The minimum atomic E-state index is -0.737. The first-order chi connectivity index (χ1) is 8.56. The third kappa shape index (κ3) is 2.84. The van der Waals surface area contributed by atoms with Gasteiger partial charge in [0.1, 0.15) is 11.6 Å². The van der Waals surface area contributed by atoms with Crippen LogP contribution in [0.15, 0.2) is 42.5 Å². The van der Waals surface area contributed by atoms with Gasteiger partial charge in [-0.3, -0.25) is 0 Å². The highest BCUT2D eigenvalue weighted by Crippen LogP contribution is 2.26. The van der Waals surface area contributed by atoms with Gasteiger partial charge < -0.3 is 9.84 Å². The quantitative estimate of drug-likeness (QED) is 0.897. The van der Waals surface area contributed by atoms with E-state index in [-0.39, 0.29) is 11.6 Å². The van der Waals surface area contributed by atoms with Gasteiger partial charge in [-0.25, -0.2) is 8.78 Å². The molecule has 0 spiro atoms. The van der Waals surface area contributed by atoms with Crippen LogP contribution < -0.4 is 4.74 Å². The summed E-state index contributed by atoms with van der Waals surface area (Å²) in [6.07, 6.45) is -0.737. The van der Waals surface area contributed by atoms with Gasteiger partial charge in [-0.15, -0.1) is 0 Å². The number of hydrogen-bond acceptors (Lipinski definition) is 2. The molecule has 0 aromatic heterocycles. The van der Waals surface area contributed by atoms with E-state index in [1.54, 1.807) is 13.0 Å². The largest absolute Gasteiger partial charge is 0.454 e. The van der Waals surface area contributed by atoms with Crippen LogP contribution in [0.25, 0.3) is 0 Å². The summed E-state index contributed by atoms with van der Waals surface area (Å²) in [4.78, 5) is 0. The van der Waals surface area contributed by atoms with Gasteiger partial charge >= 0.3 is 0 Å². The van der Waals surface area contributed by atoms with E-state index in [4.69, 9.17) is 4.74 Å². The van der Waals surface area contributed by atoms with Gasteiger partial charge in [0, 0.05) is 0 Å². The molecule has 0 aliphatic carbocycles. The fourth-order valence-electron chi connectivity index (χ4n) is 1.49. The number of rotatable bonds is 3. The first kappa shape index (κ1) is 12.5. The van der Waals surface area contributed by atoms with Gasteiger partial charge in [0.25, 0.3) is 0 Å². The van der Waals surface area contributed by atoms with Crippen LogP contribution in [-0.2, 0) is 0 Å². The van der Waals surface area contributed by atoms with Crippen LogP contribution in [0.5, 0.6) is 11.5 Å². The Labute approximate surface area is 103 Å². The molecule has 2 nitrogen and oxygen atoms in total. The van der Waals surface area contributed by atoms with Crippen LogP contribution in [-0.4, -0.2) is 5.11 Å². The van der Waals surface area contributed by atoms with Crippen LogP contribution in [0.2, 0.25) is 0 Å². The Hall–Kier alpha value is -1.94. The van der Waals surface area contributed by atoms with Gasteiger partial charge in [0.2, 0.25) is 0 Å². The molecule has 0 unspecified atom stereocenters. The smallest absolute Gasteiger partial charge is 0.166 e. The average Bonchev–Trinajstić information content (AvgIpc) is 2.34. The SMILES string of the molecule is C[C@@H](O)c1ccc(Oc2ccc(F)cc2)c(F)c1. The van der Waals surface area contributed by atoms with Crippen molar-refractivity contribution in [3.63, 3.8) is 0 Å². The molecule has 0 radical (unpaired) electrons. The summed E-state index contributed by atoms with van der Waals surface area (Å²) in [6, 6.07) is 9.51. The van der Waals surface area contributed by atoms with Crippen LogP contribution in [0, 0.1) is 11.6 Å². The number of halogens is 2. The molecule has 1 N–H and O–H groups in total. The topological polar surface area (TPSA) is 29.5 Å². The van der Waals surface area contributed by atoms with Gasteiger partial charge in [0.05, 0.1) is 6.10 Å². The second kappa shape index (κ2) is 5.14. The normalized spacial score (nSPS) is 12.2. The van der Waals surface area contributed by atoms with Gasteiger partial charge in [-0.2, -0.15) is 0 Å². The Morgan fingerprint density at radius 2 is 1.72 bits per heavy atom. The predicted molar refractivity (Wildman–Crippen MR) is 63.5 cm³/mol. The zero-order valence-electron chi connectivity index (χ0n) is 9.73. The minimum absolute atomic E-state index is 0.0333. The highest BCUT2D eigenvalue weighted by Gasteiger charge is 2.08. The lowest BCUT2D eigenvalue weighted by molar-refractivity contribution is 0.198. The monoisotopic (exact) mass is 250 g/mol. The molecule has 0 bridgehead atoms. The summed E-state index contributed by atoms with van der Waals surface area (Å²) in [6.45, 7) is 1.55.